The Hall–Kier alpha value is -3.60. The number of fused-ring (bicyclic) bond motifs is 3. The lowest BCUT2D eigenvalue weighted by molar-refractivity contribution is -0.126. The summed E-state index contributed by atoms with van der Waals surface area (Å²) >= 11 is 0. The molecule has 37 heavy (non-hydrogen) atoms. The summed E-state index contributed by atoms with van der Waals surface area (Å²) in [6, 6.07) is 12.1. The fraction of sp³-hybridized carbons (Fsp3) is 0.375. The van der Waals surface area contributed by atoms with Crippen LogP contribution in [0.25, 0.3) is 10.9 Å². The van der Waals surface area contributed by atoms with Gasteiger partial charge in [0.25, 0.3) is 0 Å². The molecule has 1 fully saturated rings. The van der Waals surface area contributed by atoms with Crippen molar-refractivity contribution in [2.75, 3.05) is 0 Å². The van der Waals surface area contributed by atoms with Crippen LogP contribution in [-0.2, 0) is 16.6 Å². The lowest BCUT2D eigenvalue weighted by Gasteiger charge is -2.45. The molecule has 3 aromatic rings. The van der Waals surface area contributed by atoms with Gasteiger partial charge in [0.05, 0.1) is 5.69 Å². The summed E-state index contributed by atoms with van der Waals surface area (Å²) in [7, 11) is 0. The zero-order chi connectivity index (χ0) is 25.9. The van der Waals surface area contributed by atoms with Crippen LogP contribution in [-0.4, -0.2) is 27.7 Å². The SMILES string of the molecule is CC1=C[C@@H](C)CC=C[C@H]2C=C(C)[C@@H](C)[C@H]3[C@H](Cc4c[nH]c5ccccc45)NC(=O)[C@@]23c2ccc([nH]2)C1=O. The number of ketones is 1. The van der Waals surface area contributed by atoms with Crippen molar-refractivity contribution in [3.63, 3.8) is 0 Å². The number of allylic oxidation sites excluding steroid dienone is 6. The van der Waals surface area contributed by atoms with Gasteiger partial charge in [-0.3, -0.25) is 9.59 Å². The Morgan fingerprint density at radius 3 is 2.68 bits per heavy atom. The average molecular weight is 494 g/mol. The van der Waals surface area contributed by atoms with E-state index in [0.29, 0.717) is 5.69 Å². The summed E-state index contributed by atoms with van der Waals surface area (Å²) in [6.45, 7) is 8.46. The second-order valence-corrected chi connectivity index (χ2v) is 11.4. The zero-order valence-electron chi connectivity index (χ0n) is 22.0. The fourth-order valence-corrected chi connectivity index (χ4v) is 7.21. The van der Waals surface area contributed by atoms with E-state index in [1.165, 1.54) is 16.5 Å². The molecule has 0 saturated carbocycles. The van der Waals surface area contributed by atoms with Crippen LogP contribution in [0.15, 0.2) is 78.0 Å². The van der Waals surface area contributed by atoms with Gasteiger partial charge >= 0.3 is 0 Å². The average Bonchev–Trinajstić information content (AvgIpc) is 3.59. The minimum atomic E-state index is -0.801. The maximum atomic E-state index is 14.3. The highest BCUT2D eigenvalue weighted by molar-refractivity contribution is 6.07. The maximum Gasteiger partial charge on any atom is 0.233 e. The largest absolute Gasteiger partial charge is 0.361 e. The molecule has 4 heterocycles. The van der Waals surface area contributed by atoms with Crippen molar-refractivity contribution >= 4 is 22.6 Å². The van der Waals surface area contributed by atoms with E-state index in [2.05, 4.69) is 84.8 Å². The van der Waals surface area contributed by atoms with E-state index >= 15 is 0 Å². The highest BCUT2D eigenvalue weighted by atomic mass is 16.2. The maximum absolute atomic E-state index is 14.3. The zero-order valence-corrected chi connectivity index (χ0v) is 22.0. The number of rotatable bonds is 2. The van der Waals surface area contributed by atoms with Crippen molar-refractivity contribution in [1.29, 1.82) is 0 Å². The number of benzene rings is 1. The van der Waals surface area contributed by atoms with Crippen LogP contribution in [0.2, 0.25) is 0 Å². The van der Waals surface area contributed by atoms with Gasteiger partial charge in [0.15, 0.2) is 0 Å². The Morgan fingerprint density at radius 2 is 1.84 bits per heavy atom. The third-order valence-corrected chi connectivity index (χ3v) is 9.11. The van der Waals surface area contributed by atoms with Crippen molar-refractivity contribution in [1.82, 2.24) is 15.3 Å². The van der Waals surface area contributed by atoms with E-state index in [-0.39, 0.29) is 41.4 Å². The first-order valence-corrected chi connectivity index (χ1v) is 13.4. The highest BCUT2D eigenvalue weighted by Gasteiger charge is 2.63. The molecule has 190 valence electrons. The van der Waals surface area contributed by atoms with Crippen LogP contribution in [0.4, 0.5) is 0 Å². The van der Waals surface area contributed by atoms with Crippen molar-refractivity contribution in [2.45, 2.75) is 52.0 Å². The molecule has 2 aliphatic heterocycles. The van der Waals surface area contributed by atoms with Gasteiger partial charge in [0.1, 0.15) is 5.41 Å². The summed E-state index contributed by atoms with van der Waals surface area (Å²) in [6.07, 6.45) is 12.4. The Balaban J connectivity index is 1.51. The van der Waals surface area contributed by atoms with Gasteiger partial charge in [0.2, 0.25) is 11.7 Å². The van der Waals surface area contributed by atoms with Crippen molar-refractivity contribution in [3.8, 4) is 0 Å². The quantitative estimate of drug-likeness (QED) is 0.381. The third-order valence-electron chi connectivity index (χ3n) is 9.11. The predicted molar refractivity (Wildman–Crippen MR) is 147 cm³/mol. The van der Waals surface area contributed by atoms with Gasteiger partial charge in [-0.05, 0) is 67.9 Å². The molecule has 1 aliphatic carbocycles. The fourth-order valence-electron chi connectivity index (χ4n) is 7.21. The molecule has 0 unspecified atom stereocenters. The molecule has 6 atom stereocenters. The molecule has 2 bridgehead atoms. The van der Waals surface area contributed by atoms with E-state index < -0.39 is 5.41 Å². The molecule has 1 spiro atoms. The topological polar surface area (TPSA) is 77.8 Å². The highest BCUT2D eigenvalue weighted by Crippen LogP contribution is 2.55. The molecular weight excluding hydrogens is 458 g/mol. The minimum absolute atomic E-state index is 0.00326. The monoisotopic (exact) mass is 493 g/mol. The number of hydrogen-bond acceptors (Lipinski definition) is 2. The van der Waals surface area contributed by atoms with Crippen molar-refractivity contribution < 1.29 is 9.59 Å². The number of para-hydroxylation sites is 1. The van der Waals surface area contributed by atoms with E-state index in [4.69, 9.17) is 0 Å². The summed E-state index contributed by atoms with van der Waals surface area (Å²) in [5, 5.41) is 4.64. The summed E-state index contributed by atoms with van der Waals surface area (Å²) in [4.78, 5) is 34.3. The first-order chi connectivity index (χ1) is 17.8. The number of aromatic nitrogens is 2. The molecular formula is C32H35N3O2. The van der Waals surface area contributed by atoms with Crippen LogP contribution in [0.5, 0.6) is 0 Å². The van der Waals surface area contributed by atoms with Gasteiger partial charge in [-0.1, -0.05) is 61.9 Å². The number of Topliss-reactive ketones (excluding diaryl/α,β-unsaturated/α-hetero) is 1. The van der Waals surface area contributed by atoms with Crippen LogP contribution >= 0.6 is 0 Å². The number of H-pyrrole nitrogens is 2. The first kappa shape index (κ1) is 23.8. The number of carbonyl (C=O) groups excluding carboxylic acids is 2. The Bertz CT molecular complexity index is 1480. The molecule has 6 rings (SSSR count). The van der Waals surface area contributed by atoms with Gasteiger partial charge in [0, 0.05) is 40.7 Å². The number of amides is 1. The van der Waals surface area contributed by atoms with E-state index in [0.717, 1.165) is 29.6 Å². The second-order valence-electron chi connectivity index (χ2n) is 11.4. The Labute approximate surface area is 218 Å². The minimum Gasteiger partial charge on any atom is -0.361 e. The molecule has 3 aliphatic rings. The van der Waals surface area contributed by atoms with Crippen LogP contribution in [0.1, 0.15) is 55.9 Å². The lowest BCUT2D eigenvalue weighted by Crippen LogP contribution is -2.50. The molecule has 1 aromatic carbocycles. The number of nitrogens with one attached hydrogen (secondary N) is 3. The molecule has 1 amide bonds. The lowest BCUT2D eigenvalue weighted by atomic mass is 9.55. The smallest absolute Gasteiger partial charge is 0.233 e. The number of aromatic amines is 2. The standard InChI is InChI=1S/C32H35N3O2/c1-18-8-7-9-23-15-19(2)21(4)29-27(16-22-17-33-25-11-6-5-10-24(22)25)35-31(37)32(23,29)28-13-12-26(34-28)30(36)20(3)14-18/h5-7,9-15,17-18,21,23,27,29,33-34H,8,16H2,1-4H3,(H,35,37)/t18-,21+,23-,27-,29-,32+/m0/s1. The van der Waals surface area contributed by atoms with Gasteiger partial charge in [-0.15, -0.1) is 0 Å². The Kier molecular flexibility index (Phi) is 5.63. The number of carbonyl (C=O) groups is 2. The van der Waals surface area contributed by atoms with E-state index in [1.54, 1.807) is 0 Å². The predicted octanol–water partition coefficient (Wildman–Crippen LogP) is 6.03. The van der Waals surface area contributed by atoms with E-state index in [9.17, 15) is 9.59 Å². The van der Waals surface area contributed by atoms with Crippen molar-refractivity contribution in [3.05, 3.63) is 95.0 Å². The second kappa shape index (κ2) is 8.76. The van der Waals surface area contributed by atoms with Gasteiger partial charge in [-0.2, -0.15) is 0 Å². The molecule has 1 saturated heterocycles. The van der Waals surface area contributed by atoms with Crippen LogP contribution in [0.3, 0.4) is 0 Å². The molecule has 5 nitrogen and oxygen atoms in total. The Morgan fingerprint density at radius 1 is 1.03 bits per heavy atom. The summed E-state index contributed by atoms with van der Waals surface area (Å²) in [5.74, 6) is 0.421. The molecule has 5 heteroatoms. The van der Waals surface area contributed by atoms with Crippen molar-refractivity contribution in [2.24, 2.45) is 23.7 Å². The molecule has 2 aromatic heterocycles. The summed E-state index contributed by atoms with van der Waals surface area (Å²) in [5.41, 5.74) is 4.97. The molecule has 0 radical (unpaired) electrons. The number of hydrogen-bond donors (Lipinski definition) is 3. The van der Waals surface area contributed by atoms with Gasteiger partial charge < -0.3 is 15.3 Å². The van der Waals surface area contributed by atoms with Crippen LogP contribution in [0, 0.1) is 23.7 Å². The summed E-state index contributed by atoms with van der Waals surface area (Å²) < 4.78 is 0. The normalized spacial score (nSPS) is 31.6. The van der Waals surface area contributed by atoms with E-state index in [1.807, 2.05) is 25.1 Å². The van der Waals surface area contributed by atoms with Crippen LogP contribution < -0.4 is 5.32 Å². The molecule has 3 N–H and O–H groups in total. The van der Waals surface area contributed by atoms with Gasteiger partial charge in [-0.25, -0.2) is 0 Å². The third kappa shape index (κ3) is 3.58. The first-order valence-electron chi connectivity index (χ1n) is 13.4.